The van der Waals surface area contributed by atoms with E-state index in [0.29, 0.717) is 6.61 Å². The number of aromatic nitrogens is 2. The minimum absolute atomic E-state index is 0.111. The van der Waals surface area contributed by atoms with Gasteiger partial charge in [0.2, 0.25) is 0 Å². The van der Waals surface area contributed by atoms with Crippen molar-refractivity contribution in [3.8, 4) is 0 Å². The maximum Gasteiger partial charge on any atom is 0.136 e. The molecule has 0 radical (unpaired) electrons. The molecule has 0 atom stereocenters. The molecule has 2 aliphatic carbocycles. The van der Waals surface area contributed by atoms with Crippen LogP contribution in [0.5, 0.6) is 0 Å². The molecule has 32 heavy (non-hydrogen) atoms. The van der Waals surface area contributed by atoms with Crippen molar-refractivity contribution in [2.75, 3.05) is 26.7 Å². The summed E-state index contributed by atoms with van der Waals surface area (Å²) in [6.45, 7) is 4.72. The molecule has 1 saturated heterocycles. The third kappa shape index (κ3) is 4.11. The second kappa shape index (κ2) is 8.31. The maximum atomic E-state index is 6.51. The number of piperidine rings is 1. The van der Waals surface area contributed by atoms with Crippen molar-refractivity contribution in [1.29, 1.82) is 0 Å². The number of hydrogen-bond donors (Lipinski definition) is 0. The van der Waals surface area contributed by atoms with Crippen LogP contribution in [0.25, 0.3) is 11.0 Å². The predicted molar refractivity (Wildman–Crippen MR) is 129 cm³/mol. The maximum absolute atomic E-state index is 6.51. The molecule has 1 aromatic heterocycles. The fourth-order valence-corrected chi connectivity index (χ4v) is 5.43. The SMILES string of the molecule is CN1CCC(COCc2nc3ccc(C4CC4)cc3n2CC2CC2)(c2ccccc2)CC1. The largest absolute Gasteiger partial charge is 0.373 e. The molecule has 0 spiro atoms. The summed E-state index contributed by atoms with van der Waals surface area (Å²) in [5, 5.41) is 0. The van der Waals surface area contributed by atoms with Gasteiger partial charge in [-0.2, -0.15) is 0 Å². The van der Waals surface area contributed by atoms with Crippen LogP contribution in [0.3, 0.4) is 0 Å². The number of rotatable bonds is 8. The van der Waals surface area contributed by atoms with Crippen LogP contribution in [0.1, 0.15) is 61.4 Å². The highest BCUT2D eigenvalue weighted by Crippen LogP contribution is 2.41. The van der Waals surface area contributed by atoms with E-state index in [1.165, 1.54) is 42.3 Å². The molecule has 4 nitrogen and oxygen atoms in total. The van der Waals surface area contributed by atoms with Crippen molar-refractivity contribution in [3.63, 3.8) is 0 Å². The van der Waals surface area contributed by atoms with E-state index in [4.69, 9.17) is 9.72 Å². The van der Waals surface area contributed by atoms with Gasteiger partial charge < -0.3 is 14.2 Å². The minimum Gasteiger partial charge on any atom is -0.373 e. The van der Waals surface area contributed by atoms with Crippen LogP contribution >= 0.6 is 0 Å². The average molecular weight is 430 g/mol. The van der Waals surface area contributed by atoms with Gasteiger partial charge in [0.25, 0.3) is 0 Å². The van der Waals surface area contributed by atoms with Crippen LogP contribution in [0.4, 0.5) is 0 Å². The van der Waals surface area contributed by atoms with Gasteiger partial charge in [0, 0.05) is 12.0 Å². The van der Waals surface area contributed by atoms with E-state index in [1.54, 1.807) is 0 Å². The zero-order valence-corrected chi connectivity index (χ0v) is 19.3. The van der Waals surface area contributed by atoms with Crippen molar-refractivity contribution in [1.82, 2.24) is 14.5 Å². The predicted octanol–water partition coefficient (Wildman–Crippen LogP) is 5.50. The van der Waals surface area contributed by atoms with E-state index in [0.717, 1.165) is 62.3 Å². The van der Waals surface area contributed by atoms with Crippen LogP contribution in [0, 0.1) is 5.92 Å². The lowest BCUT2D eigenvalue weighted by Gasteiger charge is -2.41. The fourth-order valence-electron chi connectivity index (χ4n) is 5.43. The number of hydrogen-bond acceptors (Lipinski definition) is 3. The average Bonchev–Trinajstić information content (AvgIpc) is 3.75. The molecular weight excluding hydrogens is 394 g/mol. The van der Waals surface area contributed by atoms with E-state index in [9.17, 15) is 0 Å². The van der Waals surface area contributed by atoms with E-state index >= 15 is 0 Å². The Labute approximate surface area is 191 Å². The lowest BCUT2D eigenvalue weighted by atomic mass is 9.73. The third-order valence-corrected chi connectivity index (χ3v) is 7.98. The van der Waals surface area contributed by atoms with Crippen molar-refractivity contribution in [2.45, 2.75) is 63.0 Å². The van der Waals surface area contributed by atoms with E-state index in [-0.39, 0.29) is 5.41 Å². The molecule has 0 unspecified atom stereocenters. The first-order valence-electron chi connectivity index (χ1n) is 12.5. The Morgan fingerprint density at radius 3 is 2.50 bits per heavy atom. The van der Waals surface area contributed by atoms with Gasteiger partial charge in [0.05, 0.1) is 17.6 Å². The lowest BCUT2D eigenvalue weighted by molar-refractivity contribution is 0.0368. The summed E-state index contributed by atoms with van der Waals surface area (Å²) in [5.74, 6) is 2.70. The Morgan fingerprint density at radius 2 is 1.78 bits per heavy atom. The lowest BCUT2D eigenvalue weighted by Crippen LogP contribution is -2.43. The molecule has 3 aliphatic rings. The molecule has 2 saturated carbocycles. The summed E-state index contributed by atoms with van der Waals surface area (Å²) in [7, 11) is 2.23. The molecule has 0 bridgehead atoms. The highest BCUT2D eigenvalue weighted by Gasteiger charge is 2.36. The molecule has 3 aromatic rings. The van der Waals surface area contributed by atoms with Crippen LogP contribution in [0.15, 0.2) is 48.5 Å². The molecule has 2 heterocycles. The topological polar surface area (TPSA) is 30.3 Å². The highest BCUT2D eigenvalue weighted by atomic mass is 16.5. The molecule has 1 aliphatic heterocycles. The first-order chi connectivity index (χ1) is 15.7. The Bertz CT molecular complexity index is 1070. The van der Waals surface area contributed by atoms with Gasteiger partial charge in [0.1, 0.15) is 12.4 Å². The standard InChI is InChI=1S/C28H35N3O/c1-30-15-13-28(14-16-30,24-5-3-2-4-6-24)20-32-19-27-29-25-12-11-23(22-9-10-22)17-26(25)31(27)18-21-7-8-21/h2-6,11-12,17,21-22H,7-10,13-16,18-20H2,1H3. The van der Waals surface area contributed by atoms with Crippen LogP contribution in [-0.4, -0.2) is 41.2 Å². The van der Waals surface area contributed by atoms with Crippen molar-refractivity contribution in [2.24, 2.45) is 5.92 Å². The van der Waals surface area contributed by atoms with Crippen molar-refractivity contribution < 1.29 is 4.74 Å². The van der Waals surface area contributed by atoms with Crippen molar-refractivity contribution in [3.05, 3.63) is 65.5 Å². The Balaban J connectivity index is 1.24. The highest BCUT2D eigenvalue weighted by molar-refractivity contribution is 5.77. The molecule has 168 valence electrons. The molecule has 6 rings (SSSR count). The number of nitrogens with zero attached hydrogens (tertiary/aromatic N) is 3. The molecule has 0 amide bonds. The second-order valence-electron chi connectivity index (χ2n) is 10.5. The molecule has 3 fully saturated rings. The number of likely N-dealkylation sites (tertiary alicyclic amines) is 1. The number of imidazole rings is 1. The Morgan fingerprint density at radius 1 is 1.00 bits per heavy atom. The fraction of sp³-hybridized carbons (Fsp3) is 0.536. The Hall–Kier alpha value is -2.17. The van der Waals surface area contributed by atoms with Crippen LogP contribution in [-0.2, 0) is 23.3 Å². The summed E-state index contributed by atoms with van der Waals surface area (Å²) >= 11 is 0. The number of fused-ring (bicyclic) bond motifs is 1. The van der Waals surface area contributed by atoms with Gasteiger partial charge >= 0.3 is 0 Å². The smallest absolute Gasteiger partial charge is 0.136 e. The number of benzene rings is 2. The summed E-state index contributed by atoms with van der Waals surface area (Å²) in [4.78, 5) is 7.47. The molecule has 0 N–H and O–H groups in total. The van der Waals surface area contributed by atoms with Crippen molar-refractivity contribution >= 4 is 11.0 Å². The summed E-state index contributed by atoms with van der Waals surface area (Å²) in [6, 6.07) is 18.0. The van der Waals surface area contributed by atoms with Gasteiger partial charge in [-0.25, -0.2) is 4.98 Å². The van der Waals surface area contributed by atoms with Gasteiger partial charge in [-0.15, -0.1) is 0 Å². The Kier molecular flexibility index (Phi) is 5.31. The first kappa shape index (κ1) is 20.4. The second-order valence-corrected chi connectivity index (χ2v) is 10.5. The summed E-state index contributed by atoms with van der Waals surface area (Å²) in [5.41, 5.74) is 5.48. The van der Waals surface area contributed by atoms with Gasteiger partial charge in [-0.3, -0.25) is 0 Å². The zero-order chi connectivity index (χ0) is 21.5. The van der Waals surface area contributed by atoms with Crippen LogP contribution < -0.4 is 0 Å². The monoisotopic (exact) mass is 429 g/mol. The number of ether oxygens (including phenoxy) is 1. The summed E-state index contributed by atoms with van der Waals surface area (Å²) in [6.07, 6.45) is 7.69. The van der Waals surface area contributed by atoms with Gasteiger partial charge in [-0.05, 0) is 93.8 Å². The third-order valence-electron chi connectivity index (χ3n) is 7.98. The van der Waals surface area contributed by atoms with E-state index in [2.05, 4.69) is 65.0 Å². The van der Waals surface area contributed by atoms with E-state index < -0.39 is 0 Å². The zero-order valence-electron chi connectivity index (χ0n) is 19.3. The normalized spacial score (nSPS) is 21.3. The van der Waals surface area contributed by atoms with Crippen LogP contribution in [0.2, 0.25) is 0 Å². The van der Waals surface area contributed by atoms with Gasteiger partial charge in [0.15, 0.2) is 0 Å². The minimum atomic E-state index is 0.111. The van der Waals surface area contributed by atoms with Gasteiger partial charge in [-0.1, -0.05) is 36.4 Å². The first-order valence-corrected chi connectivity index (χ1v) is 12.5. The molecule has 2 aromatic carbocycles. The molecule has 4 heteroatoms. The van der Waals surface area contributed by atoms with E-state index in [1.807, 2.05) is 0 Å². The quantitative estimate of drug-likeness (QED) is 0.473. The summed E-state index contributed by atoms with van der Waals surface area (Å²) < 4.78 is 8.99. The molecular formula is C28H35N3O.